The number of hydrogen-bond donors (Lipinski definition) is 0. The highest BCUT2D eigenvalue weighted by Gasteiger charge is 2.26. The summed E-state index contributed by atoms with van der Waals surface area (Å²) in [5.41, 5.74) is 0. The minimum atomic E-state index is -0.0794. The molecule has 0 aromatic rings. The van der Waals surface area contributed by atoms with Crippen molar-refractivity contribution >= 4 is 17.8 Å². The Balaban J connectivity index is 2.30. The Labute approximate surface area is 164 Å². The summed E-state index contributed by atoms with van der Waals surface area (Å²) in [7, 11) is 1.82. The molecular weight excluding hydrogens is 346 g/mol. The van der Waals surface area contributed by atoms with Crippen molar-refractivity contribution in [1.29, 1.82) is 0 Å². The van der Waals surface area contributed by atoms with Crippen molar-refractivity contribution in [3.63, 3.8) is 0 Å². The average molecular weight is 384 g/mol. The number of likely N-dealkylation sites (tertiary alicyclic amines) is 1. The van der Waals surface area contributed by atoms with Crippen LogP contribution in [-0.2, 0) is 19.1 Å². The van der Waals surface area contributed by atoms with E-state index < -0.39 is 0 Å². The van der Waals surface area contributed by atoms with Crippen LogP contribution < -0.4 is 0 Å². The first-order valence-electron chi connectivity index (χ1n) is 10.3. The second-order valence-electron chi connectivity index (χ2n) is 7.29. The smallest absolute Gasteiger partial charge is 0.309 e. The molecule has 0 N–H and O–H groups in total. The molecule has 0 bridgehead atoms. The Kier molecular flexibility index (Phi) is 11.0. The fraction of sp³-hybridized carbons (Fsp3) is 0.850. The number of hydrogen-bond acceptors (Lipinski definition) is 5. The van der Waals surface area contributed by atoms with E-state index in [1.807, 2.05) is 25.8 Å². The van der Waals surface area contributed by atoms with Crippen LogP contribution in [0.25, 0.3) is 0 Å². The van der Waals surface area contributed by atoms with E-state index in [1.165, 1.54) is 0 Å². The Morgan fingerprint density at radius 1 is 1.07 bits per heavy atom. The number of piperidine rings is 1. The van der Waals surface area contributed by atoms with E-state index >= 15 is 0 Å². The standard InChI is InChI=1S/C20H37N3O4/c1-5-8-19(25)21(4)11-7-12-23(17(3)24)16-15-22-13-9-18(10-14-22)20(26)27-6-2/h18H,5-16H2,1-4H3. The lowest BCUT2D eigenvalue weighted by Crippen LogP contribution is -2.43. The minimum absolute atomic E-state index is 0.0151. The molecule has 0 unspecified atom stereocenters. The Bertz CT molecular complexity index is 476. The molecule has 0 aromatic heterocycles. The lowest BCUT2D eigenvalue weighted by atomic mass is 9.97. The third kappa shape index (κ3) is 8.73. The molecule has 0 spiro atoms. The minimum Gasteiger partial charge on any atom is -0.466 e. The molecule has 0 aliphatic carbocycles. The van der Waals surface area contributed by atoms with Gasteiger partial charge >= 0.3 is 5.97 Å². The maximum Gasteiger partial charge on any atom is 0.309 e. The van der Waals surface area contributed by atoms with Crippen LogP contribution in [0.15, 0.2) is 0 Å². The molecule has 1 fully saturated rings. The third-order valence-corrected chi connectivity index (χ3v) is 5.15. The van der Waals surface area contributed by atoms with E-state index in [0.29, 0.717) is 32.7 Å². The van der Waals surface area contributed by atoms with Crippen molar-refractivity contribution in [3.05, 3.63) is 0 Å². The first-order chi connectivity index (χ1) is 12.9. The molecule has 0 aromatic carbocycles. The first kappa shape index (κ1) is 23.4. The van der Waals surface area contributed by atoms with Gasteiger partial charge in [-0.05, 0) is 45.7 Å². The summed E-state index contributed by atoms with van der Waals surface area (Å²) in [6.07, 6.45) is 3.87. The fourth-order valence-electron chi connectivity index (χ4n) is 3.37. The monoisotopic (exact) mass is 383 g/mol. The first-order valence-corrected chi connectivity index (χ1v) is 10.3. The van der Waals surface area contributed by atoms with Gasteiger partial charge in [-0.2, -0.15) is 0 Å². The van der Waals surface area contributed by atoms with E-state index in [1.54, 1.807) is 11.8 Å². The molecule has 0 saturated carbocycles. The fourth-order valence-corrected chi connectivity index (χ4v) is 3.37. The number of rotatable bonds is 11. The van der Waals surface area contributed by atoms with E-state index in [9.17, 15) is 14.4 Å². The highest BCUT2D eigenvalue weighted by Crippen LogP contribution is 2.18. The van der Waals surface area contributed by atoms with Gasteiger partial charge in [0.2, 0.25) is 11.8 Å². The van der Waals surface area contributed by atoms with Crippen LogP contribution in [0.1, 0.15) is 52.9 Å². The van der Waals surface area contributed by atoms with Crippen LogP contribution in [-0.4, -0.2) is 85.4 Å². The van der Waals surface area contributed by atoms with E-state index in [2.05, 4.69) is 4.90 Å². The normalized spacial score (nSPS) is 15.4. The molecule has 1 saturated heterocycles. The number of amides is 2. The third-order valence-electron chi connectivity index (χ3n) is 5.15. The number of carbonyl (C=O) groups is 3. The van der Waals surface area contributed by atoms with Crippen LogP contribution in [0.4, 0.5) is 0 Å². The molecule has 27 heavy (non-hydrogen) atoms. The van der Waals surface area contributed by atoms with Crippen LogP contribution in [0.2, 0.25) is 0 Å². The van der Waals surface area contributed by atoms with E-state index in [-0.39, 0.29) is 23.7 Å². The molecule has 0 radical (unpaired) electrons. The SMILES string of the molecule is CCCC(=O)N(C)CCCN(CCN1CCC(C(=O)OCC)CC1)C(C)=O. The summed E-state index contributed by atoms with van der Waals surface area (Å²) in [5, 5.41) is 0. The Morgan fingerprint density at radius 2 is 1.74 bits per heavy atom. The lowest BCUT2D eigenvalue weighted by Gasteiger charge is -2.32. The van der Waals surface area contributed by atoms with Crippen molar-refractivity contribution in [2.24, 2.45) is 5.92 Å². The van der Waals surface area contributed by atoms with Gasteiger partial charge in [-0.3, -0.25) is 14.4 Å². The number of nitrogens with zero attached hydrogens (tertiary/aromatic N) is 3. The Hall–Kier alpha value is -1.63. The summed E-state index contributed by atoms with van der Waals surface area (Å²) in [5.74, 6) is 0.167. The topological polar surface area (TPSA) is 70.2 Å². The van der Waals surface area contributed by atoms with E-state index in [0.717, 1.165) is 45.3 Å². The van der Waals surface area contributed by atoms with Gasteiger partial charge in [0.05, 0.1) is 12.5 Å². The second kappa shape index (κ2) is 12.7. The molecule has 7 heteroatoms. The molecular formula is C20H37N3O4. The zero-order chi connectivity index (χ0) is 20.2. The number of esters is 1. The molecule has 7 nitrogen and oxygen atoms in total. The summed E-state index contributed by atoms with van der Waals surface area (Å²) in [4.78, 5) is 41.4. The van der Waals surface area contributed by atoms with Gasteiger partial charge in [-0.15, -0.1) is 0 Å². The molecule has 1 aliphatic rings. The van der Waals surface area contributed by atoms with Gasteiger partial charge < -0.3 is 19.4 Å². The maximum atomic E-state index is 11.9. The van der Waals surface area contributed by atoms with E-state index in [4.69, 9.17) is 4.74 Å². The summed E-state index contributed by atoms with van der Waals surface area (Å²) in [6, 6.07) is 0. The van der Waals surface area contributed by atoms with Crippen LogP contribution >= 0.6 is 0 Å². The molecule has 1 heterocycles. The average Bonchev–Trinajstić information content (AvgIpc) is 2.64. The predicted molar refractivity (Wildman–Crippen MR) is 105 cm³/mol. The van der Waals surface area contributed by atoms with Gasteiger partial charge in [0.15, 0.2) is 0 Å². The zero-order valence-electron chi connectivity index (χ0n) is 17.5. The summed E-state index contributed by atoms with van der Waals surface area (Å²) < 4.78 is 5.10. The predicted octanol–water partition coefficient (Wildman–Crippen LogP) is 1.76. The molecule has 1 aliphatic heterocycles. The molecule has 2 amide bonds. The second-order valence-corrected chi connectivity index (χ2v) is 7.29. The maximum absolute atomic E-state index is 11.9. The number of ether oxygens (including phenoxy) is 1. The summed E-state index contributed by atoms with van der Waals surface area (Å²) >= 11 is 0. The lowest BCUT2D eigenvalue weighted by molar-refractivity contribution is -0.149. The summed E-state index contributed by atoms with van der Waals surface area (Å²) in [6.45, 7) is 10.4. The zero-order valence-corrected chi connectivity index (χ0v) is 17.5. The van der Waals surface area contributed by atoms with Crippen molar-refractivity contribution in [1.82, 2.24) is 14.7 Å². The van der Waals surface area contributed by atoms with Gasteiger partial charge in [0.1, 0.15) is 0 Å². The van der Waals surface area contributed by atoms with Crippen LogP contribution in [0.3, 0.4) is 0 Å². The van der Waals surface area contributed by atoms with Gasteiger partial charge in [-0.25, -0.2) is 0 Å². The van der Waals surface area contributed by atoms with Gasteiger partial charge in [0.25, 0.3) is 0 Å². The molecule has 156 valence electrons. The van der Waals surface area contributed by atoms with Crippen molar-refractivity contribution in [2.75, 3.05) is 52.9 Å². The quantitative estimate of drug-likeness (QED) is 0.509. The van der Waals surface area contributed by atoms with Gasteiger partial charge in [0, 0.05) is 46.6 Å². The highest BCUT2D eigenvalue weighted by molar-refractivity contribution is 5.75. The van der Waals surface area contributed by atoms with Crippen molar-refractivity contribution in [3.8, 4) is 0 Å². The molecule has 1 rings (SSSR count). The van der Waals surface area contributed by atoms with Crippen LogP contribution in [0, 0.1) is 5.92 Å². The van der Waals surface area contributed by atoms with Gasteiger partial charge in [-0.1, -0.05) is 6.92 Å². The Morgan fingerprint density at radius 3 is 2.30 bits per heavy atom. The highest BCUT2D eigenvalue weighted by atomic mass is 16.5. The largest absolute Gasteiger partial charge is 0.466 e. The van der Waals surface area contributed by atoms with Crippen LogP contribution in [0.5, 0.6) is 0 Å². The number of carbonyl (C=O) groups excluding carboxylic acids is 3. The van der Waals surface area contributed by atoms with Crippen molar-refractivity contribution < 1.29 is 19.1 Å². The van der Waals surface area contributed by atoms with Crippen molar-refractivity contribution in [2.45, 2.75) is 52.9 Å². The molecule has 0 atom stereocenters.